The highest BCUT2D eigenvalue weighted by atomic mass is 16.3. The van der Waals surface area contributed by atoms with E-state index in [1.165, 1.54) is 0 Å². The molecule has 0 aliphatic carbocycles. The second-order valence-corrected chi connectivity index (χ2v) is 4.71. The molecule has 4 nitrogen and oxygen atoms in total. The third kappa shape index (κ3) is 2.90. The lowest BCUT2D eigenvalue weighted by Crippen LogP contribution is -2.31. The first kappa shape index (κ1) is 12.6. The molecule has 1 amide bonds. The number of nitrogens with zero attached hydrogens (tertiary/aromatic N) is 1. The fourth-order valence-corrected chi connectivity index (χ4v) is 1.73. The number of furan rings is 1. The lowest BCUT2D eigenvalue weighted by Gasteiger charge is -2.09. The van der Waals surface area contributed by atoms with Gasteiger partial charge in [-0.15, -0.1) is 0 Å². The van der Waals surface area contributed by atoms with Gasteiger partial charge in [0.15, 0.2) is 5.76 Å². The Bertz CT molecular complexity index is 558. The van der Waals surface area contributed by atoms with Gasteiger partial charge >= 0.3 is 0 Å². The number of carbonyl (C=O) groups is 1. The average molecular weight is 246 g/mol. The van der Waals surface area contributed by atoms with Crippen molar-refractivity contribution in [2.75, 3.05) is 27.2 Å². The van der Waals surface area contributed by atoms with Crippen molar-refractivity contribution in [3.05, 3.63) is 35.6 Å². The Hall–Kier alpha value is -1.81. The Morgan fingerprint density at radius 2 is 2.11 bits per heavy atom. The fraction of sp³-hybridized carbons (Fsp3) is 0.357. The first-order valence-corrected chi connectivity index (χ1v) is 5.99. The number of amides is 1. The smallest absolute Gasteiger partial charge is 0.287 e. The molecule has 0 atom stereocenters. The summed E-state index contributed by atoms with van der Waals surface area (Å²) in [4.78, 5) is 13.9. The van der Waals surface area contributed by atoms with Crippen molar-refractivity contribution in [1.29, 1.82) is 0 Å². The highest BCUT2D eigenvalue weighted by Gasteiger charge is 2.11. The number of aryl methyl sites for hydroxylation is 1. The molecule has 0 aliphatic rings. The number of benzene rings is 1. The fourth-order valence-electron chi connectivity index (χ4n) is 1.73. The van der Waals surface area contributed by atoms with Crippen LogP contribution >= 0.6 is 0 Å². The molecule has 1 N–H and O–H groups in total. The first-order valence-electron chi connectivity index (χ1n) is 5.99. The van der Waals surface area contributed by atoms with E-state index in [1.54, 1.807) is 6.07 Å². The Morgan fingerprint density at radius 3 is 2.83 bits per heavy atom. The molecule has 0 radical (unpaired) electrons. The summed E-state index contributed by atoms with van der Waals surface area (Å²) >= 11 is 0. The van der Waals surface area contributed by atoms with E-state index in [9.17, 15) is 4.79 Å². The summed E-state index contributed by atoms with van der Waals surface area (Å²) in [5.41, 5.74) is 1.88. The van der Waals surface area contributed by atoms with Crippen LogP contribution < -0.4 is 5.32 Å². The van der Waals surface area contributed by atoms with Gasteiger partial charge in [0, 0.05) is 18.5 Å². The maximum absolute atomic E-state index is 11.9. The van der Waals surface area contributed by atoms with Crippen molar-refractivity contribution in [3.8, 4) is 0 Å². The molecule has 0 bridgehead atoms. The number of rotatable bonds is 4. The van der Waals surface area contributed by atoms with E-state index in [1.807, 2.05) is 44.1 Å². The average Bonchev–Trinajstić information content (AvgIpc) is 2.71. The van der Waals surface area contributed by atoms with Crippen LogP contribution in [0.4, 0.5) is 0 Å². The van der Waals surface area contributed by atoms with Gasteiger partial charge in [-0.2, -0.15) is 0 Å². The van der Waals surface area contributed by atoms with E-state index < -0.39 is 0 Å². The molecular formula is C14H18N2O2. The summed E-state index contributed by atoms with van der Waals surface area (Å²) in [5.74, 6) is 0.208. The van der Waals surface area contributed by atoms with Gasteiger partial charge in [0.1, 0.15) is 5.58 Å². The minimum Gasteiger partial charge on any atom is -0.451 e. The van der Waals surface area contributed by atoms with Gasteiger partial charge in [-0.3, -0.25) is 4.79 Å². The SMILES string of the molecule is Cc1ccc2cc(C(=O)NCCN(C)C)oc2c1. The van der Waals surface area contributed by atoms with Crippen LogP contribution in [0.5, 0.6) is 0 Å². The van der Waals surface area contributed by atoms with Crippen molar-refractivity contribution in [1.82, 2.24) is 10.2 Å². The Morgan fingerprint density at radius 1 is 1.33 bits per heavy atom. The molecular weight excluding hydrogens is 228 g/mol. The highest BCUT2D eigenvalue weighted by Crippen LogP contribution is 2.20. The lowest BCUT2D eigenvalue weighted by atomic mass is 10.2. The number of nitrogens with one attached hydrogen (secondary N) is 1. The molecule has 2 aromatic rings. The zero-order valence-electron chi connectivity index (χ0n) is 11.0. The van der Waals surface area contributed by atoms with Gasteiger partial charge in [-0.25, -0.2) is 0 Å². The summed E-state index contributed by atoms with van der Waals surface area (Å²) in [6.07, 6.45) is 0. The van der Waals surface area contributed by atoms with Gasteiger partial charge in [-0.05, 0) is 38.7 Å². The maximum atomic E-state index is 11.9. The zero-order valence-corrected chi connectivity index (χ0v) is 11.0. The van der Waals surface area contributed by atoms with E-state index in [2.05, 4.69) is 5.32 Å². The van der Waals surface area contributed by atoms with Crippen molar-refractivity contribution >= 4 is 16.9 Å². The number of hydrogen-bond donors (Lipinski definition) is 1. The summed E-state index contributed by atoms with van der Waals surface area (Å²) in [6.45, 7) is 3.42. The Balaban J connectivity index is 2.08. The third-order valence-corrected chi connectivity index (χ3v) is 2.74. The molecule has 1 heterocycles. The molecule has 0 saturated carbocycles. The second-order valence-electron chi connectivity index (χ2n) is 4.71. The quantitative estimate of drug-likeness (QED) is 0.897. The van der Waals surface area contributed by atoms with Crippen LogP contribution in [0.15, 0.2) is 28.7 Å². The Kier molecular flexibility index (Phi) is 3.67. The topological polar surface area (TPSA) is 45.5 Å². The Labute approximate surface area is 107 Å². The number of likely N-dealkylation sites (N-methyl/N-ethyl adjacent to an activating group) is 1. The van der Waals surface area contributed by atoms with E-state index in [0.29, 0.717) is 12.3 Å². The number of fused-ring (bicyclic) bond motifs is 1. The monoisotopic (exact) mass is 246 g/mol. The van der Waals surface area contributed by atoms with Crippen LogP contribution in [-0.4, -0.2) is 38.0 Å². The summed E-state index contributed by atoms with van der Waals surface area (Å²) < 4.78 is 5.54. The van der Waals surface area contributed by atoms with Crippen molar-refractivity contribution < 1.29 is 9.21 Å². The number of hydrogen-bond acceptors (Lipinski definition) is 3. The van der Waals surface area contributed by atoms with E-state index >= 15 is 0 Å². The van der Waals surface area contributed by atoms with Crippen molar-refractivity contribution in [3.63, 3.8) is 0 Å². The first-order chi connectivity index (χ1) is 8.56. The van der Waals surface area contributed by atoms with E-state index in [-0.39, 0.29) is 5.91 Å². The molecule has 1 aromatic carbocycles. The molecule has 0 fully saturated rings. The standard InChI is InChI=1S/C14H18N2O2/c1-10-4-5-11-9-13(18-12(11)8-10)14(17)15-6-7-16(2)3/h4-5,8-9H,6-7H2,1-3H3,(H,15,17). The highest BCUT2D eigenvalue weighted by molar-refractivity contribution is 5.96. The normalized spacial score (nSPS) is 11.1. The van der Waals surface area contributed by atoms with Crippen LogP contribution in [0.2, 0.25) is 0 Å². The third-order valence-electron chi connectivity index (χ3n) is 2.74. The largest absolute Gasteiger partial charge is 0.451 e. The molecule has 0 unspecified atom stereocenters. The molecule has 2 rings (SSSR count). The van der Waals surface area contributed by atoms with Gasteiger partial charge in [0.2, 0.25) is 0 Å². The molecule has 0 spiro atoms. The molecule has 1 aromatic heterocycles. The zero-order chi connectivity index (χ0) is 13.1. The minimum absolute atomic E-state index is 0.161. The van der Waals surface area contributed by atoms with Crippen molar-refractivity contribution in [2.45, 2.75) is 6.92 Å². The van der Waals surface area contributed by atoms with Gasteiger partial charge in [0.25, 0.3) is 5.91 Å². The van der Waals surface area contributed by atoms with Gasteiger partial charge in [0.05, 0.1) is 0 Å². The van der Waals surface area contributed by atoms with Crippen LogP contribution in [0, 0.1) is 6.92 Å². The molecule has 0 aliphatic heterocycles. The molecule has 18 heavy (non-hydrogen) atoms. The van der Waals surface area contributed by atoms with Crippen LogP contribution in [0.25, 0.3) is 11.0 Å². The van der Waals surface area contributed by atoms with E-state index in [4.69, 9.17) is 4.42 Å². The lowest BCUT2D eigenvalue weighted by molar-refractivity contribution is 0.0925. The molecule has 96 valence electrons. The summed E-state index contributed by atoms with van der Waals surface area (Å²) in [7, 11) is 3.94. The maximum Gasteiger partial charge on any atom is 0.287 e. The van der Waals surface area contributed by atoms with Crippen molar-refractivity contribution in [2.24, 2.45) is 0 Å². The second kappa shape index (κ2) is 5.23. The molecule has 0 saturated heterocycles. The van der Waals surface area contributed by atoms with Crippen LogP contribution in [-0.2, 0) is 0 Å². The predicted molar refractivity (Wildman–Crippen MR) is 71.8 cm³/mol. The van der Waals surface area contributed by atoms with E-state index in [0.717, 1.165) is 23.1 Å². The number of carbonyl (C=O) groups excluding carboxylic acids is 1. The van der Waals surface area contributed by atoms with Gasteiger partial charge < -0.3 is 14.6 Å². The van der Waals surface area contributed by atoms with Gasteiger partial charge in [-0.1, -0.05) is 12.1 Å². The van der Waals surface area contributed by atoms with Crippen LogP contribution in [0.3, 0.4) is 0 Å². The minimum atomic E-state index is -0.161. The predicted octanol–water partition coefficient (Wildman–Crippen LogP) is 2.03. The summed E-state index contributed by atoms with van der Waals surface area (Å²) in [5, 5.41) is 3.79. The molecule has 4 heteroatoms. The summed E-state index contributed by atoms with van der Waals surface area (Å²) in [6, 6.07) is 7.68. The van der Waals surface area contributed by atoms with Crippen LogP contribution in [0.1, 0.15) is 16.1 Å².